The number of alkyl halides is 7. The van der Waals surface area contributed by atoms with Gasteiger partial charge >= 0.3 is 24.2 Å². The summed E-state index contributed by atoms with van der Waals surface area (Å²) in [6.07, 6.45) is -12.3. The van der Waals surface area contributed by atoms with Crippen LogP contribution >= 0.6 is 0 Å². The molecule has 0 fully saturated rings. The molecule has 0 unspecified atom stereocenters. The van der Waals surface area contributed by atoms with Crippen LogP contribution < -0.4 is 4.74 Å². The Bertz CT molecular complexity index is 493. The van der Waals surface area contributed by atoms with Gasteiger partial charge in [0.25, 0.3) is 0 Å². The molecule has 0 saturated heterocycles. The third-order valence-corrected chi connectivity index (χ3v) is 2.07. The molecule has 0 spiro atoms. The standard InChI is InChI=1S/C10H5F7O3/c11-8(12,9(13,14)15)10(16,17)20-6-3-1-5(2-4-6)7(18)19/h1-4H,(H,18,19). The van der Waals surface area contributed by atoms with Crippen molar-refractivity contribution in [1.29, 1.82) is 0 Å². The molecule has 1 aromatic carbocycles. The highest BCUT2D eigenvalue weighted by molar-refractivity contribution is 5.87. The van der Waals surface area contributed by atoms with Gasteiger partial charge in [0.2, 0.25) is 0 Å². The van der Waals surface area contributed by atoms with Crippen molar-refractivity contribution in [3.63, 3.8) is 0 Å². The van der Waals surface area contributed by atoms with Crippen molar-refractivity contribution in [2.75, 3.05) is 0 Å². The maximum Gasteiger partial charge on any atom is 0.474 e. The van der Waals surface area contributed by atoms with Gasteiger partial charge in [0.1, 0.15) is 5.75 Å². The van der Waals surface area contributed by atoms with Crippen LogP contribution in [-0.4, -0.2) is 29.3 Å². The number of ether oxygens (including phenoxy) is 1. The van der Waals surface area contributed by atoms with Crippen LogP contribution in [0.1, 0.15) is 10.4 Å². The van der Waals surface area contributed by atoms with Crippen LogP contribution in [0.4, 0.5) is 30.7 Å². The first-order chi connectivity index (χ1) is 8.88. The van der Waals surface area contributed by atoms with Crippen molar-refractivity contribution in [3.05, 3.63) is 29.8 Å². The molecule has 1 N–H and O–H groups in total. The third kappa shape index (κ3) is 2.94. The molecule has 20 heavy (non-hydrogen) atoms. The molecule has 0 radical (unpaired) electrons. The SMILES string of the molecule is O=C(O)c1ccc(OC(F)(F)C(F)(F)C(F)(F)F)cc1. The maximum atomic E-state index is 12.8. The molecular weight excluding hydrogens is 301 g/mol. The van der Waals surface area contributed by atoms with E-state index in [9.17, 15) is 35.5 Å². The predicted molar refractivity (Wildman–Crippen MR) is 50.0 cm³/mol. The summed E-state index contributed by atoms with van der Waals surface area (Å²) in [7, 11) is 0. The van der Waals surface area contributed by atoms with Crippen LogP contribution in [0.3, 0.4) is 0 Å². The first-order valence-corrected chi connectivity index (χ1v) is 4.73. The van der Waals surface area contributed by atoms with E-state index in [4.69, 9.17) is 5.11 Å². The quantitative estimate of drug-likeness (QED) is 0.865. The van der Waals surface area contributed by atoms with Crippen LogP contribution in [0.25, 0.3) is 0 Å². The molecule has 112 valence electrons. The lowest BCUT2D eigenvalue weighted by atomic mass is 10.2. The Morgan fingerprint density at radius 2 is 1.40 bits per heavy atom. The number of aromatic carboxylic acids is 1. The van der Waals surface area contributed by atoms with Gasteiger partial charge in [0.05, 0.1) is 5.56 Å². The van der Waals surface area contributed by atoms with E-state index in [2.05, 4.69) is 4.74 Å². The molecule has 0 aliphatic heterocycles. The smallest absolute Gasteiger partial charge is 0.474 e. The molecule has 10 heteroatoms. The van der Waals surface area contributed by atoms with Gasteiger partial charge in [-0.15, -0.1) is 0 Å². The predicted octanol–water partition coefficient (Wildman–Crippen LogP) is 3.55. The van der Waals surface area contributed by atoms with Crippen molar-refractivity contribution < 1.29 is 45.4 Å². The number of carboxylic acid groups (broad SMARTS) is 1. The number of benzene rings is 1. The van der Waals surface area contributed by atoms with Gasteiger partial charge in [0, 0.05) is 0 Å². The summed E-state index contributed by atoms with van der Waals surface area (Å²) < 4.78 is 89.5. The molecule has 0 aromatic heterocycles. The number of rotatable bonds is 4. The highest BCUT2D eigenvalue weighted by atomic mass is 19.4. The average Bonchev–Trinajstić information content (AvgIpc) is 2.27. The van der Waals surface area contributed by atoms with Crippen molar-refractivity contribution in [3.8, 4) is 5.75 Å². The topological polar surface area (TPSA) is 46.5 Å². The molecule has 0 bridgehead atoms. The van der Waals surface area contributed by atoms with Crippen LogP contribution in [0.5, 0.6) is 5.75 Å². The van der Waals surface area contributed by atoms with Crippen LogP contribution in [0.15, 0.2) is 24.3 Å². The Labute approximate surface area is 106 Å². The van der Waals surface area contributed by atoms with E-state index >= 15 is 0 Å². The maximum absolute atomic E-state index is 12.8. The average molecular weight is 306 g/mol. The molecular formula is C10H5F7O3. The first kappa shape index (κ1) is 16.1. The lowest BCUT2D eigenvalue weighted by molar-refractivity contribution is -0.402. The number of halogens is 7. The Morgan fingerprint density at radius 1 is 0.950 bits per heavy atom. The van der Waals surface area contributed by atoms with E-state index in [0.29, 0.717) is 24.3 Å². The summed E-state index contributed by atoms with van der Waals surface area (Å²) in [5.74, 6) is -8.88. The highest BCUT2D eigenvalue weighted by Gasteiger charge is 2.75. The van der Waals surface area contributed by atoms with Gasteiger partial charge < -0.3 is 9.84 Å². The highest BCUT2D eigenvalue weighted by Crippen LogP contribution is 2.47. The van der Waals surface area contributed by atoms with E-state index in [0.717, 1.165) is 0 Å². The fourth-order valence-corrected chi connectivity index (χ4v) is 1.04. The molecule has 0 heterocycles. The Balaban J connectivity index is 2.99. The van der Waals surface area contributed by atoms with Gasteiger partial charge in [-0.3, -0.25) is 0 Å². The van der Waals surface area contributed by atoms with Gasteiger partial charge in [0.15, 0.2) is 0 Å². The van der Waals surface area contributed by atoms with E-state index < -0.39 is 29.9 Å². The molecule has 0 amide bonds. The molecule has 3 nitrogen and oxygen atoms in total. The van der Waals surface area contributed by atoms with E-state index in [1.165, 1.54) is 0 Å². The van der Waals surface area contributed by atoms with Crippen LogP contribution in [-0.2, 0) is 0 Å². The molecule has 0 saturated carbocycles. The van der Waals surface area contributed by atoms with Gasteiger partial charge in [-0.2, -0.15) is 30.7 Å². The zero-order valence-electron chi connectivity index (χ0n) is 9.22. The third-order valence-electron chi connectivity index (χ3n) is 2.07. The summed E-state index contributed by atoms with van der Waals surface area (Å²) in [6.45, 7) is 0. The molecule has 0 atom stereocenters. The Morgan fingerprint density at radius 3 is 1.75 bits per heavy atom. The number of hydrogen-bond acceptors (Lipinski definition) is 2. The van der Waals surface area contributed by atoms with Crippen LogP contribution in [0.2, 0.25) is 0 Å². The minimum absolute atomic E-state index is 0.386. The molecule has 0 aliphatic rings. The lowest BCUT2D eigenvalue weighted by Gasteiger charge is -2.27. The summed E-state index contributed by atoms with van der Waals surface area (Å²) in [6, 6.07) is 2.48. The van der Waals surface area contributed by atoms with Crippen molar-refractivity contribution in [2.24, 2.45) is 0 Å². The normalized spacial score (nSPS) is 13.2. The zero-order valence-corrected chi connectivity index (χ0v) is 9.22. The summed E-state index contributed by atoms with van der Waals surface area (Å²) in [4.78, 5) is 10.4. The Hall–Kier alpha value is -2.00. The van der Waals surface area contributed by atoms with Crippen molar-refractivity contribution in [2.45, 2.75) is 18.2 Å². The number of carbonyl (C=O) groups is 1. The minimum atomic E-state index is -6.50. The second-order valence-electron chi connectivity index (χ2n) is 3.52. The largest absolute Gasteiger partial charge is 0.478 e. The van der Waals surface area contributed by atoms with E-state index in [-0.39, 0.29) is 5.56 Å². The van der Waals surface area contributed by atoms with Crippen molar-refractivity contribution >= 4 is 5.97 Å². The zero-order chi connectivity index (χ0) is 15.8. The van der Waals surface area contributed by atoms with Crippen LogP contribution in [0, 0.1) is 0 Å². The Kier molecular flexibility index (Phi) is 3.88. The molecule has 1 aromatic rings. The number of hydrogen-bond donors (Lipinski definition) is 1. The fourth-order valence-electron chi connectivity index (χ4n) is 1.04. The lowest BCUT2D eigenvalue weighted by Crippen LogP contribution is -2.55. The summed E-state index contributed by atoms with van der Waals surface area (Å²) >= 11 is 0. The van der Waals surface area contributed by atoms with Gasteiger partial charge in [-0.25, -0.2) is 4.79 Å². The monoisotopic (exact) mass is 306 g/mol. The minimum Gasteiger partial charge on any atom is -0.478 e. The molecule has 1 rings (SSSR count). The second-order valence-corrected chi connectivity index (χ2v) is 3.52. The van der Waals surface area contributed by atoms with Gasteiger partial charge in [-0.1, -0.05) is 0 Å². The fraction of sp³-hybridized carbons (Fsp3) is 0.300. The second kappa shape index (κ2) is 4.84. The van der Waals surface area contributed by atoms with E-state index in [1.807, 2.05) is 0 Å². The molecule has 0 aliphatic carbocycles. The first-order valence-electron chi connectivity index (χ1n) is 4.73. The summed E-state index contributed by atoms with van der Waals surface area (Å²) in [5, 5.41) is 8.49. The number of carboxylic acids is 1. The van der Waals surface area contributed by atoms with Gasteiger partial charge in [-0.05, 0) is 24.3 Å². The van der Waals surface area contributed by atoms with E-state index in [1.54, 1.807) is 0 Å². The summed E-state index contributed by atoms with van der Waals surface area (Å²) in [5.41, 5.74) is -0.386. The van der Waals surface area contributed by atoms with Crippen molar-refractivity contribution in [1.82, 2.24) is 0 Å².